The molecule has 3 fully saturated rings. The number of hydrogen-bond donors (Lipinski definition) is 3. The summed E-state index contributed by atoms with van der Waals surface area (Å²) in [6, 6.07) is 15.9. The van der Waals surface area contributed by atoms with E-state index in [2.05, 4.69) is 49.2 Å². The second kappa shape index (κ2) is 12.9. The smallest absolute Gasteiger partial charge is 0.410 e. The van der Waals surface area contributed by atoms with E-state index in [-0.39, 0.29) is 17.9 Å². The average Bonchev–Trinajstić information content (AvgIpc) is 3.90. The minimum atomic E-state index is -0.542. The van der Waals surface area contributed by atoms with Crippen LogP contribution in [0, 0.1) is 17.8 Å². The summed E-state index contributed by atoms with van der Waals surface area (Å²) in [7, 11) is 0. The van der Waals surface area contributed by atoms with Gasteiger partial charge in [0.2, 0.25) is 5.91 Å². The summed E-state index contributed by atoms with van der Waals surface area (Å²) in [4.78, 5) is 45.6. The van der Waals surface area contributed by atoms with Crippen LogP contribution in [0.2, 0.25) is 0 Å². The van der Waals surface area contributed by atoms with Crippen molar-refractivity contribution in [3.63, 3.8) is 0 Å². The predicted molar refractivity (Wildman–Crippen MR) is 174 cm³/mol. The van der Waals surface area contributed by atoms with Crippen molar-refractivity contribution in [2.24, 2.45) is 5.92 Å². The van der Waals surface area contributed by atoms with Gasteiger partial charge in [-0.3, -0.25) is 9.69 Å². The van der Waals surface area contributed by atoms with Gasteiger partial charge in [0.1, 0.15) is 24.3 Å². The molecule has 10 heteroatoms. The van der Waals surface area contributed by atoms with Gasteiger partial charge in [-0.05, 0) is 73.5 Å². The highest BCUT2D eigenvalue weighted by Gasteiger charge is 2.42. The second-order valence-electron chi connectivity index (χ2n) is 12.6. The molecule has 3 atom stereocenters. The number of cyclic esters (lactones) is 1. The van der Waals surface area contributed by atoms with Crippen LogP contribution in [-0.4, -0.2) is 74.0 Å². The van der Waals surface area contributed by atoms with E-state index in [9.17, 15) is 9.59 Å². The molecule has 0 saturated carbocycles. The molecule has 3 aliphatic heterocycles. The van der Waals surface area contributed by atoms with Crippen LogP contribution in [0.3, 0.4) is 0 Å². The number of rotatable bonds is 7. The lowest BCUT2D eigenvalue weighted by molar-refractivity contribution is -0.138. The summed E-state index contributed by atoms with van der Waals surface area (Å²) in [5, 5.41) is 3.48. The zero-order chi connectivity index (χ0) is 31.6. The molecule has 4 aromatic rings. The normalized spacial score (nSPS) is 20.2. The molecule has 7 rings (SSSR count). The maximum atomic E-state index is 13.7. The summed E-state index contributed by atoms with van der Waals surface area (Å²) >= 11 is 0. The van der Waals surface area contributed by atoms with Crippen LogP contribution < -0.4 is 5.32 Å². The van der Waals surface area contributed by atoms with Gasteiger partial charge in [0.25, 0.3) is 0 Å². The molecule has 3 aliphatic rings. The molecule has 3 N–H and O–H groups in total. The van der Waals surface area contributed by atoms with Gasteiger partial charge in [-0.15, -0.1) is 0 Å². The fraction of sp³-hybridized carbons (Fsp3) is 0.389. The Bertz CT molecular complexity index is 1760. The van der Waals surface area contributed by atoms with E-state index in [0.29, 0.717) is 25.7 Å². The minimum absolute atomic E-state index is 0.0259. The summed E-state index contributed by atoms with van der Waals surface area (Å²) in [5.41, 5.74) is 5.85. The van der Waals surface area contributed by atoms with Crippen LogP contribution in [0.15, 0.2) is 60.9 Å². The molecule has 2 amide bonds. The maximum absolute atomic E-state index is 13.7. The number of ether oxygens (including phenoxy) is 1. The van der Waals surface area contributed by atoms with Crippen molar-refractivity contribution in [3.05, 3.63) is 83.7 Å². The monoisotopic (exact) mass is 617 g/mol. The molecular formula is C36H39N7O3. The van der Waals surface area contributed by atoms with Gasteiger partial charge < -0.3 is 24.9 Å². The third-order valence-corrected chi connectivity index (χ3v) is 9.19. The Balaban J connectivity index is 1.00. The number of nitrogens with zero attached hydrogens (tertiary/aromatic N) is 4. The van der Waals surface area contributed by atoms with E-state index in [0.717, 1.165) is 71.1 Å². The Labute approximate surface area is 269 Å². The van der Waals surface area contributed by atoms with Gasteiger partial charge in [-0.25, -0.2) is 14.8 Å². The first-order valence-corrected chi connectivity index (χ1v) is 16.2. The molecular weight excluding hydrogens is 578 g/mol. The first-order chi connectivity index (χ1) is 22.4. The van der Waals surface area contributed by atoms with Gasteiger partial charge in [-0.2, -0.15) is 0 Å². The van der Waals surface area contributed by atoms with Crippen molar-refractivity contribution >= 4 is 12.0 Å². The number of H-pyrrole nitrogens is 2. The fourth-order valence-electron chi connectivity index (χ4n) is 6.76. The molecule has 2 aromatic heterocycles. The van der Waals surface area contributed by atoms with E-state index in [1.807, 2.05) is 67.5 Å². The van der Waals surface area contributed by atoms with Crippen LogP contribution in [0.5, 0.6) is 0 Å². The van der Waals surface area contributed by atoms with Gasteiger partial charge >= 0.3 is 6.09 Å². The number of carbonyl (C=O) groups excluding carboxylic acids is 2. The van der Waals surface area contributed by atoms with E-state index in [4.69, 9.17) is 4.74 Å². The quantitative estimate of drug-likeness (QED) is 0.238. The maximum Gasteiger partial charge on any atom is 0.410 e. The second-order valence-corrected chi connectivity index (χ2v) is 12.6. The van der Waals surface area contributed by atoms with Gasteiger partial charge in [0.05, 0.1) is 42.4 Å². The van der Waals surface area contributed by atoms with Crippen LogP contribution in [0.1, 0.15) is 74.4 Å². The molecule has 10 nitrogen and oxygen atoms in total. The van der Waals surface area contributed by atoms with Crippen LogP contribution in [0.4, 0.5) is 4.79 Å². The Hall–Kier alpha value is -4.88. The lowest BCUT2D eigenvalue weighted by Crippen LogP contribution is -2.51. The van der Waals surface area contributed by atoms with Crippen LogP contribution in [0.25, 0.3) is 22.5 Å². The highest BCUT2D eigenvalue weighted by Crippen LogP contribution is 2.34. The van der Waals surface area contributed by atoms with E-state index < -0.39 is 12.1 Å². The Morgan fingerprint density at radius 3 is 2.07 bits per heavy atom. The van der Waals surface area contributed by atoms with Crippen molar-refractivity contribution < 1.29 is 14.3 Å². The van der Waals surface area contributed by atoms with E-state index >= 15 is 0 Å². The SMILES string of the molecule is CC(C)[C@@H](C(=O)N1CCC[C@H]1c1ncc(-c2ccc(C#Cc3ccc(-c4cnc([C@@H]5CCCN5)[nH]4)cc3)cc2)[nH]1)N1CCOC1=O. The van der Waals surface area contributed by atoms with Crippen LogP contribution in [-0.2, 0) is 9.53 Å². The number of aromatic amines is 2. The van der Waals surface area contributed by atoms with Crippen molar-refractivity contribution in [2.45, 2.75) is 57.7 Å². The first-order valence-electron chi connectivity index (χ1n) is 16.2. The Morgan fingerprint density at radius 2 is 1.50 bits per heavy atom. The van der Waals surface area contributed by atoms with Gasteiger partial charge in [-0.1, -0.05) is 50.0 Å². The van der Waals surface area contributed by atoms with Gasteiger partial charge in [0.15, 0.2) is 0 Å². The van der Waals surface area contributed by atoms with Gasteiger partial charge in [0, 0.05) is 17.7 Å². The average molecular weight is 618 g/mol. The molecule has 0 aliphatic carbocycles. The number of hydrogen-bond acceptors (Lipinski definition) is 6. The molecule has 0 unspecified atom stereocenters. The van der Waals surface area contributed by atoms with Crippen LogP contribution >= 0.6 is 0 Å². The summed E-state index contributed by atoms with van der Waals surface area (Å²) in [6.45, 7) is 6.40. The summed E-state index contributed by atoms with van der Waals surface area (Å²) in [6.07, 6.45) is 7.33. The van der Waals surface area contributed by atoms with E-state index in [1.165, 1.54) is 6.42 Å². The number of amides is 2. The Kier molecular flexibility index (Phi) is 8.33. The standard InChI is InChI=1S/C36H39N7O3/c1-23(2)32(43-19-20-46-36(43)45)35(44)42-18-4-6-31(42)34-39-22-30(41-34)27-15-11-25(12-16-27)8-7-24-9-13-26(14-10-24)29-21-38-33(40-29)28-5-3-17-37-28/h9-16,21-23,28,31-32,37H,3-6,17-20H2,1-2H3,(H,38,40)(H,39,41)/t28-,31-,32-/m0/s1. The number of benzene rings is 2. The molecule has 0 spiro atoms. The third-order valence-electron chi connectivity index (χ3n) is 9.19. The fourth-order valence-corrected chi connectivity index (χ4v) is 6.76. The highest BCUT2D eigenvalue weighted by molar-refractivity contribution is 5.87. The molecule has 236 valence electrons. The largest absolute Gasteiger partial charge is 0.448 e. The molecule has 0 bridgehead atoms. The minimum Gasteiger partial charge on any atom is -0.448 e. The third kappa shape index (κ3) is 6.03. The predicted octanol–water partition coefficient (Wildman–Crippen LogP) is 5.43. The lowest BCUT2D eigenvalue weighted by atomic mass is 10.0. The van der Waals surface area contributed by atoms with Crippen molar-refractivity contribution in [1.82, 2.24) is 35.1 Å². The zero-order valence-corrected chi connectivity index (χ0v) is 26.3. The number of carbonyl (C=O) groups is 2. The number of aromatic nitrogens is 4. The molecule has 5 heterocycles. The summed E-state index contributed by atoms with van der Waals surface area (Å²) in [5.74, 6) is 8.24. The van der Waals surface area contributed by atoms with Crippen molar-refractivity contribution in [1.29, 1.82) is 0 Å². The molecule has 3 saturated heterocycles. The first kappa shape index (κ1) is 29.8. The number of nitrogens with one attached hydrogen (secondary N) is 3. The molecule has 2 aromatic carbocycles. The zero-order valence-electron chi connectivity index (χ0n) is 26.3. The van der Waals surface area contributed by atoms with Crippen molar-refractivity contribution in [3.8, 4) is 34.4 Å². The Morgan fingerprint density at radius 1 is 0.870 bits per heavy atom. The molecule has 46 heavy (non-hydrogen) atoms. The molecule has 0 radical (unpaired) electrons. The number of likely N-dealkylation sites (tertiary alicyclic amines) is 1. The topological polar surface area (TPSA) is 119 Å². The number of imidazole rings is 2. The lowest BCUT2D eigenvalue weighted by Gasteiger charge is -2.33. The van der Waals surface area contributed by atoms with Crippen molar-refractivity contribution in [2.75, 3.05) is 26.2 Å². The highest BCUT2D eigenvalue weighted by atomic mass is 16.6. The summed E-state index contributed by atoms with van der Waals surface area (Å²) < 4.78 is 5.14. The van der Waals surface area contributed by atoms with E-state index in [1.54, 1.807) is 4.90 Å².